The molecule has 102 valence electrons. The summed E-state index contributed by atoms with van der Waals surface area (Å²) < 4.78 is 7.76. The van der Waals surface area contributed by atoms with E-state index >= 15 is 0 Å². The van der Waals surface area contributed by atoms with E-state index in [0.29, 0.717) is 18.8 Å². The zero-order valence-corrected chi connectivity index (χ0v) is 11.3. The van der Waals surface area contributed by atoms with Gasteiger partial charge in [0.05, 0.1) is 23.5 Å². The fraction of sp³-hybridized carbons (Fsp3) is 0.231. The second kappa shape index (κ2) is 5.01. The Hall–Kier alpha value is -2.28. The maximum atomic E-state index is 12.2. The zero-order valence-electron chi connectivity index (χ0n) is 10.4. The lowest BCUT2D eigenvalue weighted by Gasteiger charge is -2.28. The van der Waals surface area contributed by atoms with Crippen LogP contribution in [0.2, 0.25) is 0 Å². The molecule has 3 rings (SSSR count). The monoisotopic (exact) mass is 289 g/mol. The number of nitrogens with zero attached hydrogens (tertiary/aromatic N) is 3. The van der Waals surface area contributed by atoms with Crippen LogP contribution in [-0.2, 0) is 13.0 Å². The number of carbonyl (C=O) groups is 2. The lowest BCUT2D eigenvalue weighted by molar-refractivity contribution is 0.0696. The van der Waals surface area contributed by atoms with Gasteiger partial charge in [-0.2, -0.15) is 8.75 Å². The molecule has 0 saturated heterocycles. The summed E-state index contributed by atoms with van der Waals surface area (Å²) in [4.78, 5) is 24.9. The van der Waals surface area contributed by atoms with Gasteiger partial charge in [0.2, 0.25) is 0 Å². The molecule has 0 bridgehead atoms. The van der Waals surface area contributed by atoms with Crippen molar-refractivity contribution in [3.63, 3.8) is 0 Å². The van der Waals surface area contributed by atoms with E-state index in [1.54, 1.807) is 17.0 Å². The van der Waals surface area contributed by atoms with Crippen molar-refractivity contribution in [3.05, 3.63) is 46.8 Å². The summed E-state index contributed by atoms with van der Waals surface area (Å²) in [5, 5.41) is 9.01. The first-order chi connectivity index (χ1) is 9.65. The Bertz CT molecular complexity index is 670. The van der Waals surface area contributed by atoms with Crippen LogP contribution in [0.1, 0.15) is 32.0 Å². The van der Waals surface area contributed by atoms with E-state index in [2.05, 4.69) is 8.75 Å². The second-order valence-corrected chi connectivity index (χ2v) is 5.11. The van der Waals surface area contributed by atoms with E-state index in [-0.39, 0.29) is 11.5 Å². The molecule has 0 radical (unpaired) electrons. The van der Waals surface area contributed by atoms with E-state index < -0.39 is 5.97 Å². The van der Waals surface area contributed by atoms with E-state index in [0.717, 1.165) is 29.3 Å². The maximum Gasteiger partial charge on any atom is 0.335 e. The molecule has 1 aromatic heterocycles. The Labute approximate surface area is 119 Å². The van der Waals surface area contributed by atoms with Gasteiger partial charge in [0.15, 0.2) is 5.69 Å². The smallest absolute Gasteiger partial charge is 0.335 e. The SMILES string of the molecule is O=C(O)c1ccc2c(c1)CN(C(=O)c1cnsn1)CC2. The minimum absolute atomic E-state index is 0.162. The molecule has 1 N–H and O–H groups in total. The van der Waals surface area contributed by atoms with E-state index in [4.69, 9.17) is 5.11 Å². The first kappa shape index (κ1) is 12.7. The number of hydrogen-bond donors (Lipinski definition) is 1. The fourth-order valence-electron chi connectivity index (χ4n) is 2.28. The van der Waals surface area contributed by atoms with E-state index in [9.17, 15) is 9.59 Å². The van der Waals surface area contributed by atoms with Gasteiger partial charge in [-0.25, -0.2) is 4.79 Å². The fourth-order valence-corrected chi connectivity index (χ4v) is 2.69. The molecule has 6 nitrogen and oxygen atoms in total. The molecule has 20 heavy (non-hydrogen) atoms. The van der Waals surface area contributed by atoms with Crippen LogP contribution in [0.5, 0.6) is 0 Å². The Morgan fingerprint density at radius 3 is 2.85 bits per heavy atom. The predicted molar refractivity (Wildman–Crippen MR) is 71.8 cm³/mol. The number of hydrogen-bond acceptors (Lipinski definition) is 5. The van der Waals surface area contributed by atoms with Crippen molar-refractivity contribution in [2.45, 2.75) is 13.0 Å². The summed E-state index contributed by atoms with van der Waals surface area (Å²) in [5.74, 6) is -1.12. The van der Waals surface area contributed by atoms with Crippen LogP contribution in [-0.4, -0.2) is 37.2 Å². The molecule has 1 aromatic carbocycles. The highest BCUT2D eigenvalue weighted by Gasteiger charge is 2.23. The van der Waals surface area contributed by atoms with Gasteiger partial charge in [0.25, 0.3) is 5.91 Å². The normalized spacial score (nSPS) is 13.9. The Balaban J connectivity index is 1.85. The van der Waals surface area contributed by atoms with Crippen LogP contribution in [0.25, 0.3) is 0 Å². The molecule has 0 unspecified atom stereocenters. The molecular weight excluding hydrogens is 278 g/mol. The second-order valence-electron chi connectivity index (χ2n) is 4.56. The molecule has 0 aliphatic carbocycles. The first-order valence-corrected chi connectivity index (χ1v) is 6.80. The number of carboxylic acids is 1. The third-order valence-corrected chi connectivity index (χ3v) is 3.81. The molecule has 0 atom stereocenters. The van der Waals surface area contributed by atoms with Gasteiger partial charge in [-0.15, -0.1) is 0 Å². The number of aromatic carboxylic acids is 1. The van der Waals surface area contributed by atoms with Crippen molar-refractivity contribution in [2.24, 2.45) is 0 Å². The van der Waals surface area contributed by atoms with Crippen molar-refractivity contribution in [2.75, 3.05) is 6.54 Å². The van der Waals surface area contributed by atoms with E-state index in [1.165, 1.54) is 6.20 Å². The highest BCUT2D eigenvalue weighted by atomic mass is 32.1. The van der Waals surface area contributed by atoms with Crippen molar-refractivity contribution in [1.82, 2.24) is 13.6 Å². The molecule has 0 fully saturated rings. The first-order valence-electron chi connectivity index (χ1n) is 6.07. The van der Waals surface area contributed by atoms with Crippen LogP contribution < -0.4 is 0 Å². The zero-order chi connectivity index (χ0) is 14.1. The number of amides is 1. The summed E-state index contributed by atoms with van der Waals surface area (Å²) in [5.41, 5.74) is 2.56. The molecule has 2 heterocycles. The molecule has 1 aliphatic rings. The minimum atomic E-state index is -0.958. The van der Waals surface area contributed by atoms with Gasteiger partial charge in [-0.1, -0.05) is 6.07 Å². The molecular formula is C13H11N3O3S. The molecule has 7 heteroatoms. The summed E-state index contributed by atoms with van der Waals surface area (Å²) in [6.45, 7) is 1.02. The summed E-state index contributed by atoms with van der Waals surface area (Å²) in [7, 11) is 0. The summed E-state index contributed by atoms with van der Waals surface area (Å²) >= 11 is 0.999. The average Bonchev–Trinajstić information content (AvgIpc) is 2.99. The lowest BCUT2D eigenvalue weighted by atomic mass is 9.97. The Morgan fingerprint density at radius 2 is 2.15 bits per heavy atom. The van der Waals surface area contributed by atoms with Gasteiger partial charge in [0, 0.05) is 13.1 Å². The van der Waals surface area contributed by atoms with Crippen molar-refractivity contribution in [1.29, 1.82) is 0 Å². The van der Waals surface area contributed by atoms with Crippen molar-refractivity contribution in [3.8, 4) is 0 Å². The molecule has 1 amide bonds. The number of fused-ring (bicyclic) bond motifs is 1. The van der Waals surface area contributed by atoms with Gasteiger partial charge < -0.3 is 10.0 Å². The average molecular weight is 289 g/mol. The minimum Gasteiger partial charge on any atom is -0.478 e. The van der Waals surface area contributed by atoms with Crippen LogP contribution in [0.15, 0.2) is 24.4 Å². The van der Waals surface area contributed by atoms with Crippen LogP contribution in [0.3, 0.4) is 0 Å². The quantitative estimate of drug-likeness (QED) is 0.904. The van der Waals surface area contributed by atoms with Crippen molar-refractivity contribution >= 4 is 23.6 Å². The standard InChI is InChI=1S/C13H11N3O3S/c17-12(11-6-14-20-15-11)16-4-3-8-1-2-9(13(18)19)5-10(8)7-16/h1-2,5-6H,3-4,7H2,(H,18,19). The number of carbonyl (C=O) groups excluding carboxylic acids is 1. The van der Waals surface area contributed by atoms with Crippen LogP contribution in [0.4, 0.5) is 0 Å². The largest absolute Gasteiger partial charge is 0.478 e. The lowest BCUT2D eigenvalue weighted by Crippen LogP contribution is -2.36. The molecule has 1 aliphatic heterocycles. The van der Waals surface area contributed by atoms with E-state index in [1.807, 2.05) is 6.07 Å². The molecule has 0 spiro atoms. The van der Waals surface area contributed by atoms with Crippen LogP contribution in [0, 0.1) is 0 Å². The third-order valence-electron chi connectivity index (χ3n) is 3.33. The van der Waals surface area contributed by atoms with Gasteiger partial charge >= 0.3 is 5.97 Å². The highest BCUT2D eigenvalue weighted by Crippen LogP contribution is 2.21. The highest BCUT2D eigenvalue weighted by molar-refractivity contribution is 6.99. The topological polar surface area (TPSA) is 83.4 Å². The number of benzene rings is 1. The van der Waals surface area contributed by atoms with Gasteiger partial charge in [-0.3, -0.25) is 4.79 Å². The van der Waals surface area contributed by atoms with Crippen LogP contribution >= 0.6 is 11.7 Å². The molecule has 0 saturated carbocycles. The Morgan fingerprint density at radius 1 is 1.30 bits per heavy atom. The summed E-state index contributed by atoms with van der Waals surface area (Å²) in [6.07, 6.45) is 2.18. The predicted octanol–water partition coefficient (Wildman–Crippen LogP) is 1.43. The summed E-state index contributed by atoms with van der Waals surface area (Å²) in [6, 6.07) is 5.06. The number of aromatic nitrogens is 2. The maximum absolute atomic E-state index is 12.2. The van der Waals surface area contributed by atoms with Crippen molar-refractivity contribution < 1.29 is 14.7 Å². The Kier molecular flexibility index (Phi) is 3.19. The number of rotatable bonds is 2. The van der Waals surface area contributed by atoms with Gasteiger partial charge in [-0.05, 0) is 29.7 Å². The third kappa shape index (κ3) is 2.27. The number of carboxylic acid groups (broad SMARTS) is 1. The molecule has 2 aromatic rings. The van der Waals surface area contributed by atoms with Gasteiger partial charge in [0.1, 0.15) is 0 Å².